The van der Waals surface area contributed by atoms with Crippen molar-refractivity contribution in [3.05, 3.63) is 90.0 Å². The van der Waals surface area contributed by atoms with Crippen LogP contribution in [0.3, 0.4) is 0 Å². The summed E-state index contributed by atoms with van der Waals surface area (Å²) in [7, 11) is 1.31. The van der Waals surface area contributed by atoms with E-state index in [-0.39, 0.29) is 5.91 Å². The van der Waals surface area contributed by atoms with Gasteiger partial charge in [-0.25, -0.2) is 4.79 Å². The highest BCUT2D eigenvalue weighted by atomic mass is 32.2. The number of benzene rings is 3. The molecule has 0 aliphatic heterocycles. The molecule has 0 radical (unpaired) electrons. The van der Waals surface area contributed by atoms with Gasteiger partial charge >= 0.3 is 5.97 Å². The fraction of sp³-hybridized carbons (Fsp3) is 0.0909. The number of esters is 1. The lowest BCUT2D eigenvalue weighted by atomic mass is 10.1. The number of nitrogens with two attached hydrogens (primary N) is 1. The Morgan fingerprint density at radius 1 is 0.964 bits per heavy atom. The minimum atomic E-state index is -0.520. The van der Waals surface area contributed by atoms with Gasteiger partial charge in [-0.3, -0.25) is 4.79 Å². The lowest BCUT2D eigenvalue weighted by Crippen LogP contribution is -2.20. The summed E-state index contributed by atoms with van der Waals surface area (Å²) in [6, 6.07) is 23.6. The van der Waals surface area contributed by atoms with Gasteiger partial charge in [0.1, 0.15) is 5.25 Å². The van der Waals surface area contributed by atoms with Gasteiger partial charge in [-0.15, -0.1) is 11.8 Å². The van der Waals surface area contributed by atoms with Crippen molar-refractivity contribution in [2.75, 3.05) is 18.2 Å². The summed E-state index contributed by atoms with van der Waals surface area (Å²) < 4.78 is 4.80. The van der Waals surface area contributed by atoms with Gasteiger partial charge in [0.15, 0.2) is 0 Å². The summed E-state index contributed by atoms with van der Waals surface area (Å²) in [6.07, 6.45) is 0. The SMILES string of the molecule is COC(=O)c1ccccc1NC(=O)C(Sc1cccc(N)c1)c1ccccc1. The maximum absolute atomic E-state index is 13.2. The molecule has 0 fully saturated rings. The molecule has 0 saturated carbocycles. The highest BCUT2D eigenvalue weighted by Gasteiger charge is 2.24. The number of thioether (sulfide) groups is 1. The molecule has 5 nitrogen and oxygen atoms in total. The number of anilines is 2. The summed E-state index contributed by atoms with van der Waals surface area (Å²) >= 11 is 1.40. The van der Waals surface area contributed by atoms with Crippen molar-refractivity contribution in [2.24, 2.45) is 0 Å². The molecule has 28 heavy (non-hydrogen) atoms. The van der Waals surface area contributed by atoms with E-state index in [9.17, 15) is 9.59 Å². The number of hydrogen-bond donors (Lipinski definition) is 2. The number of rotatable bonds is 6. The van der Waals surface area contributed by atoms with Gasteiger partial charge in [0.2, 0.25) is 5.91 Å². The maximum atomic E-state index is 13.2. The maximum Gasteiger partial charge on any atom is 0.339 e. The van der Waals surface area contributed by atoms with Gasteiger partial charge in [-0.2, -0.15) is 0 Å². The topological polar surface area (TPSA) is 81.4 Å². The number of ether oxygens (including phenoxy) is 1. The van der Waals surface area contributed by atoms with E-state index in [1.165, 1.54) is 18.9 Å². The van der Waals surface area contributed by atoms with E-state index in [0.717, 1.165) is 10.5 Å². The Kier molecular flexibility index (Phi) is 6.34. The predicted molar refractivity (Wildman–Crippen MR) is 112 cm³/mol. The van der Waals surface area contributed by atoms with Crippen LogP contribution in [0, 0.1) is 0 Å². The van der Waals surface area contributed by atoms with E-state index in [2.05, 4.69) is 5.32 Å². The number of nitrogen functional groups attached to an aromatic ring is 1. The van der Waals surface area contributed by atoms with E-state index < -0.39 is 11.2 Å². The first-order valence-corrected chi connectivity index (χ1v) is 9.52. The van der Waals surface area contributed by atoms with Crippen LogP contribution < -0.4 is 11.1 Å². The van der Waals surface area contributed by atoms with Crippen molar-refractivity contribution in [1.82, 2.24) is 0 Å². The average molecular weight is 392 g/mol. The molecule has 0 aromatic heterocycles. The third kappa shape index (κ3) is 4.72. The fourth-order valence-corrected chi connectivity index (χ4v) is 3.80. The highest BCUT2D eigenvalue weighted by molar-refractivity contribution is 8.00. The molecule has 1 atom stereocenters. The summed E-state index contributed by atoms with van der Waals surface area (Å²) in [5.74, 6) is -0.745. The zero-order valence-corrected chi connectivity index (χ0v) is 16.1. The Morgan fingerprint density at radius 2 is 1.68 bits per heavy atom. The van der Waals surface area contributed by atoms with Crippen molar-refractivity contribution < 1.29 is 14.3 Å². The zero-order chi connectivity index (χ0) is 19.9. The quantitative estimate of drug-likeness (QED) is 0.366. The molecule has 3 aromatic rings. The van der Waals surface area contributed by atoms with Gasteiger partial charge in [-0.05, 0) is 35.9 Å². The minimum Gasteiger partial charge on any atom is -0.465 e. The first-order valence-electron chi connectivity index (χ1n) is 8.64. The molecule has 0 saturated heterocycles. The van der Waals surface area contributed by atoms with E-state index >= 15 is 0 Å². The number of carbonyl (C=O) groups excluding carboxylic acids is 2. The lowest BCUT2D eigenvalue weighted by molar-refractivity contribution is -0.115. The molecule has 3 rings (SSSR count). The zero-order valence-electron chi connectivity index (χ0n) is 15.3. The Labute approximate surface area is 167 Å². The molecule has 142 valence electrons. The van der Waals surface area contributed by atoms with E-state index in [1.807, 2.05) is 48.5 Å². The number of methoxy groups -OCH3 is 1. The molecule has 3 N–H and O–H groups in total. The van der Waals surface area contributed by atoms with Gasteiger partial charge < -0.3 is 15.8 Å². The van der Waals surface area contributed by atoms with Crippen LogP contribution in [-0.4, -0.2) is 19.0 Å². The Balaban J connectivity index is 1.91. The molecule has 6 heteroatoms. The fourth-order valence-electron chi connectivity index (χ4n) is 2.70. The molecule has 1 amide bonds. The monoisotopic (exact) mass is 392 g/mol. The smallest absolute Gasteiger partial charge is 0.339 e. The van der Waals surface area contributed by atoms with Crippen LogP contribution in [0.2, 0.25) is 0 Å². The van der Waals surface area contributed by atoms with Crippen molar-refractivity contribution in [2.45, 2.75) is 10.1 Å². The second kappa shape index (κ2) is 9.10. The average Bonchev–Trinajstić information content (AvgIpc) is 2.72. The molecular formula is C22H20N2O3S. The molecule has 0 heterocycles. The Bertz CT molecular complexity index is 976. The molecule has 1 unspecified atom stereocenters. The van der Waals surface area contributed by atoms with Crippen LogP contribution in [-0.2, 0) is 9.53 Å². The largest absolute Gasteiger partial charge is 0.465 e. The van der Waals surface area contributed by atoms with Crippen LogP contribution in [0.5, 0.6) is 0 Å². The van der Waals surface area contributed by atoms with E-state index in [0.29, 0.717) is 16.9 Å². The normalized spacial score (nSPS) is 11.5. The van der Waals surface area contributed by atoms with E-state index in [1.54, 1.807) is 30.3 Å². The third-order valence-corrected chi connectivity index (χ3v) is 5.29. The van der Waals surface area contributed by atoms with Crippen LogP contribution in [0.1, 0.15) is 21.2 Å². The summed E-state index contributed by atoms with van der Waals surface area (Å²) in [4.78, 5) is 26.0. The number of carbonyl (C=O) groups is 2. The molecule has 0 aliphatic rings. The van der Waals surface area contributed by atoms with Crippen LogP contribution >= 0.6 is 11.8 Å². The second-order valence-corrected chi connectivity index (χ2v) is 7.19. The second-order valence-electron chi connectivity index (χ2n) is 6.01. The van der Waals surface area contributed by atoms with Gasteiger partial charge in [0.25, 0.3) is 0 Å². The molecule has 0 aliphatic carbocycles. The van der Waals surface area contributed by atoms with Crippen molar-refractivity contribution in [3.63, 3.8) is 0 Å². The third-order valence-electron chi connectivity index (χ3n) is 4.04. The van der Waals surface area contributed by atoms with Gasteiger partial charge in [0, 0.05) is 10.6 Å². The Morgan fingerprint density at radius 3 is 2.39 bits per heavy atom. The van der Waals surface area contributed by atoms with Crippen molar-refractivity contribution >= 4 is 35.0 Å². The van der Waals surface area contributed by atoms with Crippen LogP contribution in [0.25, 0.3) is 0 Å². The summed E-state index contributed by atoms with van der Waals surface area (Å²) in [5.41, 5.74) is 8.07. The molecule has 0 bridgehead atoms. The van der Waals surface area contributed by atoms with Gasteiger partial charge in [0.05, 0.1) is 18.4 Å². The van der Waals surface area contributed by atoms with Crippen molar-refractivity contribution in [1.29, 1.82) is 0 Å². The number of hydrogen-bond acceptors (Lipinski definition) is 5. The number of nitrogens with one attached hydrogen (secondary N) is 1. The van der Waals surface area contributed by atoms with Crippen molar-refractivity contribution in [3.8, 4) is 0 Å². The first kappa shape index (κ1) is 19.5. The molecular weight excluding hydrogens is 372 g/mol. The summed E-state index contributed by atoms with van der Waals surface area (Å²) in [5, 5.41) is 2.35. The number of para-hydroxylation sites is 1. The van der Waals surface area contributed by atoms with Gasteiger partial charge in [-0.1, -0.05) is 48.5 Å². The predicted octanol–water partition coefficient (Wildman–Crippen LogP) is 4.53. The minimum absolute atomic E-state index is 0.241. The lowest BCUT2D eigenvalue weighted by Gasteiger charge is -2.18. The Hall–Kier alpha value is -3.25. The van der Waals surface area contributed by atoms with Crippen LogP contribution in [0.15, 0.2) is 83.8 Å². The highest BCUT2D eigenvalue weighted by Crippen LogP contribution is 2.37. The summed E-state index contributed by atoms with van der Waals surface area (Å²) in [6.45, 7) is 0. The molecule has 3 aromatic carbocycles. The number of amides is 1. The van der Waals surface area contributed by atoms with Crippen LogP contribution in [0.4, 0.5) is 11.4 Å². The standard InChI is InChI=1S/C22H20N2O3S/c1-27-22(26)18-12-5-6-13-19(18)24-21(25)20(15-8-3-2-4-9-15)28-17-11-7-10-16(23)14-17/h2-14,20H,23H2,1H3,(H,24,25). The first-order chi connectivity index (χ1) is 13.6. The van der Waals surface area contributed by atoms with E-state index in [4.69, 9.17) is 10.5 Å². The molecule has 0 spiro atoms.